The van der Waals surface area contributed by atoms with Gasteiger partial charge >= 0.3 is 0 Å². The Morgan fingerprint density at radius 1 is 1.23 bits per heavy atom. The van der Waals surface area contributed by atoms with E-state index >= 15 is 0 Å². The number of thioether (sulfide) groups is 1. The van der Waals surface area contributed by atoms with Crippen LogP contribution in [0, 0.1) is 6.92 Å². The highest BCUT2D eigenvalue weighted by Crippen LogP contribution is 2.13. The van der Waals surface area contributed by atoms with E-state index in [0.717, 1.165) is 35.2 Å². The summed E-state index contributed by atoms with van der Waals surface area (Å²) in [6.45, 7) is 4.39. The van der Waals surface area contributed by atoms with E-state index in [2.05, 4.69) is 17.2 Å². The van der Waals surface area contributed by atoms with Crippen molar-refractivity contribution in [2.45, 2.75) is 26.4 Å². The summed E-state index contributed by atoms with van der Waals surface area (Å²) in [6, 6.07) is 11.8. The third-order valence-corrected chi connectivity index (χ3v) is 4.32. The molecule has 1 aliphatic rings. The predicted octanol–water partition coefficient (Wildman–Crippen LogP) is 3.03. The number of aryl methyl sites for hydroxylation is 1. The Morgan fingerprint density at radius 2 is 1.96 bits per heavy atom. The smallest absolute Gasteiger partial charge is 0.286 e. The molecule has 1 aliphatic heterocycles. The van der Waals surface area contributed by atoms with Crippen molar-refractivity contribution < 1.29 is 19.4 Å². The number of nitrogens with one attached hydrogen (secondary N) is 1. The average Bonchev–Trinajstić information content (AvgIpc) is 3.00. The topological polar surface area (TPSA) is 88.5 Å². The fraction of sp³-hybridized carbons (Fsp3) is 0.316. The molecule has 0 spiro atoms. The first kappa shape index (κ1) is 19.9. The number of pyridine rings is 1. The zero-order valence-electron chi connectivity index (χ0n) is 14.8. The van der Waals surface area contributed by atoms with Gasteiger partial charge in [-0.25, -0.2) is 0 Å². The van der Waals surface area contributed by atoms with Crippen molar-refractivity contribution in [2.75, 3.05) is 12.4 Å². The van der Waals surface area contributed by atoms with Crippen LogP contribution in [-0.4, -0.2) is 33.6 Å². The van der Waals surface area contributed by atoms with Gasteiger partial charge in [0.2, 0.25) is 5.91 Å². The monoisotopic (exact) mass is 374 g/mol. The van der Waals surface area contributed by atoms with Gasteiger partial charge in [-0.3, -0.25) is 19.9 Å². The molecule has 2 aromatic rings. The second-order valence-electron chi connectivity index (χ2n) is 5.79. The Labute approximate surface area is 157 Å². The minimum Gasteiger partial charge on any atom is -0.493 e. The lowest BCUT2D eigenvalue weighted by Gasteiger charge is -2.07. The van der Waals surface area contributed by atoms with Crippen LogP contribution in [-0.2, 0) is 11.2 Å². The molecule has 1 saturated heterocycles. The van der Waals surface area contributed by atoms with Crippen molar-refractivity contribution >= 4 is 22.9 Å². The van der Waals surface area contributed by atoms with Gasteiger partial charge < -0.3 is 9.84 Å². The lowest BCUT2D eigenvalue weighted by molar-refractivity contribution is -0.117. The number of carbonyl (C=O) groups is 2. The highest BCUT2D eigenvalue weighted by molar-refractivity contribution is 8.14. The maximum absolute atomic E-state index is 10.1. The number of aliphatic hydroxyl groups excluding tert-OH is 1. The van der Waals surface area contributed by atoms with Gasteiger partial charge in [-0.05, 0) is 37.6 Å². The van der Waals surface area contributed by atoms with Crippen LogP contribution in [0.15, 0.2) is 42.6 Å². The molecule has 1 atom stereocenters. The number of hydrogen-bond acceptors (Lipinski definition) is 6. The van der Waals surface area contributed by atoms with Crippen LogP contribution in [0.4, 0.5) is 4.79 Å². The molecule has 7 heteroatoms. The van der Waals surface area contributed by atoms with E-state index in [1.807, 2.05) is 36.4 Å². The highest BCUT2D eigenvalue weighted by Gasteiger charge is 2.16. The fourth-order valence-corrected chi connectivity index (χ4v) is 2.58. The molecule has 1 aromatic heterocycles. The molecule has 26 heavy (non-hydrogen) atoms. The first-order chi connectivity index (χ1) is 12.4. The molecule has 0 aliphatic carbocycles. The summed E-state index contributed by atoms with van der Waals surface area (Å²) in [5.74, 6) is 0.986. The standard InChI is InChI=1S/C16H19NO2.C3H3NO2S/c1-12-3-7-16(8-4-12)19-10-9-15-6-5-14(11-17-15)13(2)18;5-2-1-7-3(6)4-2/h3-8,11,13,18H,9-10H2,1-2H3;1H2,(H,4,5,6). The average molecular weight is 374 g/mol. The summed E-state index contributed by atoms with van der Waals surface area (Å²) in [4.78, 5) is 24.5. The minimum absolute atomic E-state index is 0.185. The van der Waals surface area contributed by atoms with Crippen molar-refractivity contribution in [2.24, 2.45) is 0 Å². The molecule has 0 radical (unpaired) electrons. The van der Waals surface area contributed by atoms with Gasteiger partial charge in [-0.1, -0.05) is 35.5 Å². The summed E-state index contributed by atoms with van der Waals surface area (Å²) >= 11 is 1.01. The van der Waals surface area contributed by atoms with Crippen molar-refractivity contribution in [3.8, 4) is 5.75 Å². The molecule has 2 heterocycles. The SMILES string of the molecule is Cc1ccc(OCCc2ccc(C(C)O)cn2)cc1.O=C1CSC(=O)N1. The Hall–Kier alpha value is -2.38. The van der Waals surface area contributed by atoms with Gasteiger partial charge in [0, 0.05) is 18.3 Å². The van der Waals surface area contributed by atoms with E-state index in [-0.39, 0.29) is 11.1 Å². The number of benzene rings is 1. The minimum atomic E-state index is -0.467. The quantitative estimate of drug-likeness (QED) is 0.836. The number of amides is 2. The molecular weight excluding hydrogens is 352 g/mol. The van der Waals surface area contributed by atoms with Gasteiger partial charge in [0.1, 0.15) is 5.75 Å². The van der Waals surface area contributed by atoms with Crippen LogP contribution >= 0.6 is 11.8 Å². The van der Waals surface area contributed by atoms with Gasteiger partial charge in [-0.2, -0.15) is 0 Å². The number of nitrogens with zero attached hydrogens (tertiary/aromatic N) is 1. The maximum Gasteiger partial charge on any atom is 0.286 e. The van der Waals surface area contributed by atoms with Gasteiger partial charge in [0.25, 0.3) is 5.24 Å². The zero-order chi connectivity index (χ0) is 18.9. The van der Waals surface area contributed by atoms with Gasteiger partial charge in [-0.15, -0.1) is 0 Å². The zero-order valence-corrected chi connectivity index (χ0v) is 15.6. The number of imide groups is 1. The Bertz CT molecular complexity index is 716. The number of ether oxygens (including phenoxy) is 1. The van der Waals surface area contributed by atoms with Gasteiger partial charge in [0.05, 0.1) is 18.5 Å². The van der Waals surface area contributed by atoms with Crippen LogP contribution in [0.1, 0.15) is 29.8 Å². The van der Waals surface area contributed by atoms with Crippen LogP contribution in [0.5, 0.6) is 5.75 Å². The lowest BCUT2D eigenvalue weighted by atomic mass is 10.1. The van der Waals surface area contributed by atoms with Crippen molar-refractivity contribution in [1.82, 2.24) is 10.3 Å². The van der Waals surface area contributed by atoms with Crippen LogP contribution in [0.3, 0.4) is 0 Å². The van der Waals surface area contributed by atoms with E-state index < -0.39 is 6.10 Å². The third kappa shape index (κ3) is 6.85. The van der Waals surface area contributed by atoms with Crippen LogP contribution in [0.25, 0.3) is 0 Å². The van der Waals surface area contributed by atoms with E-state index in [1.54, 1.807) is 13.1 Å². The molecule has 0 saturated carbocycles. The van der Waals surface area contributed by atoms with Gasteiger partial charge in [0.15, 0.2) is 0 Å². The summed E-state index contributed by atoms with van der Waals surface area (Å²) in [6.07, 6.45) is 2.00. The second kappa shape index (κ2) is 9.94. The lowest BCUT2D eigenvalue weighted by Crippen LogP contribution is -2.18. The molecule has 6 nitrogen and oxygen atoms in total. The Kier molecular flexibility index (Phi) is 7.62. The third-order valence-electron chi connectivity index (χ3n) is 3.55. The number of hydrogen-bond donors (Lipinski definition) is 2. The van der Waals surface area contributed by atoms with Crippen LogP contribution in [0.2, 0.25) is 0 Å². The summed E-state index contributed by atoms with van der Waals surface area (Å²) in [7, 11) is 0. The Balaban J connectivity index is 0.000000290. The predicted molar refractivity (Wildman–Crippen MR) is 101 cm³/mol. The van der Waals surface area contributed by atoms with E-state index in [4.69, 9.17) is 4.74 Å². The normalized spacial score (nSPS) is 14.3. The molecule has 1 unspecified atom stereocenters. The molecular formula is C19H22N2O4S. The molecule has 2 N–H and O–H groups in total. The molecule has 3 rings (SSSR count). The highest BCUT2D eigenvalue weighted by atomic mass is 32.2. The Morgan fingerprint density at radius 3 is 2.42 bits per heavy atom. The first-order valence-electron chi connectivity index (χ1n) is 8.23. The maximum atomic E-state index is 10.1. The fourth-order valence-electron chi connectivity index (χ4n) is 2.06. The summed E-state index contributed by atoms with van der Waals surface area (Å²) in [5.41, 5.74) is 3.03. The summed E-state index contributed by atoms with van der Waals surface area (Å²) < 4.78 is 5.65. The van der Waals surface area contributed by atoms with Crippen molar-refractivity contribution in [1.29, 1.82) is 0 Å². The first-order valence-corrected chi connectivity index (χ1v) is 9.21. The number of carbonyl (C=O) groups excluding carboxylic acids is 2. The molecule has 1 fully saturated rings. The van der Waals surface area contributed by atoms with Crippen molar-refractivity contribution in [3.05, 3.63) is 59.4 Å². The molecule has 2 amide bonds. The van der Waals surface area contributed by atoms with E-state index in [9.17, 15) is 14.7 Å². The number of aromatic nitrogens is 1. The second-order valence-corrected chi connectivity index (χ2v) is 6.74. The molecule has 0 bridgehead atoms. The molecule has 1 aromatic carbocycles. The van der Waals surface area contributed by atoms with E-state index in [0.29, 0.717) is 12.4 Å². The largest absolute Gasteiger partial charge is 0.493 e. The number of aliphatic hydroxyl groups is 1. The summed E-state index contributed by atoms with van der Waals surface area (Å²) in [5, 5.41) is 11.3. The number of rotatable bonds is 5. The van der Waals surface area contributed by atoms with Crippen molar-refractivity contribution in [3.63, 3.8) is 0 Å². The van der Waals surface area contributed by atoms with Crippen LogP contribution < -0.4 is 10.1 Å². The molecule has 138 valence electrons. The van der Waals surface area contributed by atoms with E-state index in [1.165, 1.54) is 5.56 Å².